The highest BCUT2D eigenvalue weighted by Crippen LogP contribution is 2.46. The quantitative estimate of drug-likeness (QED) is 0.718. The second-order valence-electron chi connectivity index (χ2n) is 10.0. The van der Waals surface area contributed by atoms with Crippen LogP contribution in [0.4, 0.5) is 18.9 Å². The van der Waals surface area contributed by atoms with Crippen LogP contribution in [0.1, 0.15) is 49.7 Å². The van der Waals surface area contributed by atoms with Crippen molar-refractivity contribution in [3.05, 3.63) is 29.3 Å². The Hall–Kier alpha value is -2.31. The fraction of sp³-hybridized carbons (Fsp3) is 0.680. The number of likely N-dealkylation sites (tertiary alicyclic amines) is 2. The summed E-state index contributed by atoms with van der Waals surface area (Å²) in [5, 5.41) is 19.2. The van der Waals surface area contributed by atoms with Crippen molar-refractivity contribution in [3.63, 3.8) is 0 Å². The third-order valence-electron chi connectivity index (χ3n) is 8.00. The Morgan fingerprint density at radius 1 is 1.12 bits per heavy atom. The average Bonchev–Trinajstić information content (AvgIpc) is 2.98. The summed E-state index contributed by atoms with van der Waals surface area (Å²) in [6.45, 7) is 4.56. The molecule has 1 unspecified atom stereocenters. The molecule has 3 aliphatic heterocycles. The summed E-state index contributed by atoms with van der Waals surface area (Å²) >= 11 is 0. The number of aliphatic hydroxyl groups excluding tert-OH is 1. The van der Waals surface area contributed by atoms with Crippen LogP contribution in [0.5, 0.6) is 0 Å². The van der Waals surface area contributed by atoms with Gasteiger partial charge < -0.3 is 14.9 Å². The Bertz CT molecular complexity index is 914. The number of hydrogen-bond acceptors (Lipinski definition) is 5. The Morgan fingerprint density at radius 2 is 1.79 bits per heavy atom. The number of alkyl halides is 3. The molecule has 4 rings (SSSR count). The maximum Gasteiger partial charge on any atom is 0.417 e. The summed E-state index contributed by atoms with van der Waals surface area (Å²) in [7, 11) is 0. The first-order valence-corrected chi connectivity index (χ1v) is 12.2. The molecule has 1 aromatic carbocycles. The number of halogens is 3. The van der Waals surface area contributed by atoms with E-state index in [1.54, 1.807) is 12.1 Å². The molecule has 186 valence electrons. The number of piperidine rings is 1. The SMILES string of the molecule is N#Cc1ccc(N2CC(CO)C3(CCN(C(=O)CN4CCCCCC4)CC3)C2)cc1C(F)(F)F. The number of carbonyl (C=O) groups excluding carboxylic acids is 1. The van der Waals surface area contributed by atoms with Crippen LogP contribution in [0.2, 0.25) is 0 Å². The maximum absolute atomic E-state index is 13.5. The molecular weight excluding hydrogens is 445 g/mol. The van der Waals surface area contributed by atoms with Gasteiger partial charge in [0.05, 0.1) is 23.7 Å². The lowest BCUT2D eigenvalue weighted by atomic mass is 9.71. The number of hydrogen-bond donors (Lipinski definition) is 1. The molecule has 34 heavy (non-hydrogen) atoms. The highest BCUT2D eigenvalue weighted by atomic mass is 19.4. The van der Waals surface area contributed by atoms with Crippen molar-refractivity contribution < 1.29 is 23.1 Å². The number of amides is 1. The Kier molecular flexibility index (Phi) is 7.39. The molecule has 1 spiro atoms. The van der Waals surface area contributed by atoms with E-state index in [-0.39, 0.29) is 29.4 Å². The molecule has 6 nitrogen and oxygen atoms in total. The largest absolute Gasteiger partial charge is 0.417 e. The van der Waals surface area contributed by atoms with Gasteiger partial charge in [0.2, 0.25) is 5.91 Å². The van der Waals surface area contributed by atoms with Gasteiger partial charge in [0.25, 0.3) is 0 Å². The fourth-order valence-electron chi connectivity index (χ4n) is 5.90. The second-order valence-corrected chi connectivity index (χ2v) is 10.0. The highest BCUT2D eigenvalue weighted by molar-refractivity contribution is 5.78. The summed E-state index contributed by atoms with van der Waals surface area (Å²) in [4.78, 5) is 19.0. The minimum absolute atomic E-state index is 0.0410. The van der Waals surface area contributed by atoms with Gasteiger partial charge in [0.1, 0.15) is 0 Å². The molecule has 1 N–H and O–H groups in total. The first-order valence-electron chi connectivity index (χ1n) is 12.2. The topological polar surface area (TPSA) is 70.8 Å². The number of nitrogens with zero attached hydrogens (tertiary/aromatic N) is 4. The van der Waals surface area contributed by atoms with Crippen molar-refractivity contribution in [1.82, 2.24) is 9.80 Å². The molecule has 3 fully saturated rings. The smallest absolute Gasteiger partial charge is 0.396 e. The summed E-state index contributed by atoms with van der Waals surface area (Å²) < 4.78 is 40.4. The van der Waals surface area contributed by atoms with Crippen molar-refractivity contribution in [2.75, 3.05) is 57.3 Å². The molecular formula is C25H33F3N4O2. The highest BCUT2D eigenvalue weighted by Gasteiger charge is 2.48. The number of nitriles is 1. The normalized spacial score (nSPS) is 23.7. The molecule has 3 heterocycles. The van der Waals surface area contributed by atoms with Crippen LogP contribution < -0.4 is 4.90 Å². The van der Waals surface area contributed by atoms with Gasteiger partial charge in [-0.15, -0.1) is 0 Å². The lowest BCUT2D eigenvalue weighted by Gasteiger charge is -2.42. The van der Waals surface area contributed by atoms with Crippen LogP contribution in [-0.2, 0) is 11.0 Å². The predicted molar refractivity (Wildman–Crippen MR) is 122 cm³/mol. The fourth-order valence-corrected chi connectivity index (χ4v) is 5.90. The van der Waals surface area contributed by atoms with E-state index < -0.39 is 11.7 Å². The Labute approximate surface area is 198 Å². The van der Waals surface area contributed by atoms with E-state index >= 15 is 0 Å². The van der Waals surface area contributed by atoms with Crippen LogP contribution in [0.3, 0.4) is 0 Å². The van der Waals surface area contributed by atoms with Crippen LogP contribution in [0.15, 0.2) is 18.2 Å². The summed E-state index contributed by atoms with van der Waals surface area (Å²) in [5.41, 5.74) is -1.13. The minimum atomic E-state index is -4.60. The lowest BCUT2D eigenvalue weighted by molar-refractivity contribution is -0.138. The second kappa shape index (κ2) is 10.1. The van der Waals surface area contributed by atoms with Crippen molar-refractivity contribution in [2.24, 2.45) is 11.3 Å². The van der Waals surface area contributed by atoms with Crippen molar-refractivity contribution in [2.45, 2.75) is 44.7 Å². The molecule has 9 heteroatoms. The standard InChI is InChI=1S/C25H33F3N4O2/c26-25(27,28)22-13-21(6-5-19(22)14-29)32-15-20(17-33)24(18-32)7-11-31(12-8-24)23(34)16-30-9-3-1-2-4-10-30/h5-6,13,20,33H,1-4,7-12,15-18H2. The van der Waals surface area contributed by atoms with Gasteiger partial charge in [0, 0.05) is 44.4 Å². The first-order chi connectivity index (χ1) is 16.3. The molecule has 3 aliphatic rings. The molecule has 1 amide bonds. The average molecular weight is 479 g/mol. The van der Waals surface area contributed by atoms with Crippen LogP contribution in [0.25, 0.3) is 0 Å². The molecule has 1 aromatic rings. The minimum Gasteiger partial charge on any atom is -0.396 e. The van der Waals surface area contributed by atoms with Gasteiger partial charge in [-0.1, -0.05) is 12.8 Å². The molecule has 0 aliphatic carbocycles. The van der Waals surface area contributed by atoms with E-state index in [0.717, 1.165) is 44.8 Å². The molecule has 0 aromatic heterocycles. The zero-order valence-corrected chi connectivity index (χ0v) is 19.5. The Balaban J connectivity index is 1.42. The lowest BCUT2D eigenvalue weighted by Crippen LogP contribution is -2.49. The zero-order valence-electron chi connectivity index (χ0n) is 19.5. The molecule has 3 saturated heterocycles. The third kappa shape index (κ3) is 5.18. The molecule has 1 atom stereocenters. The zero-order chi connectivity index (χ0) is 24.3. The van der Waals surface area contributed by atoms with E-state index in [1.165, 1.54) is 18.9 Å². The van der Waals surface area contributed by atoms with Gasteiger partial charge in [-0.25, -0.2) is 0 Å². The maximum atomic E-state index is 13.5. The molecule has 0 bridgehead atoms. The third-order valence-corrected chi connectivity index (χ3v) is 8.00. The molecule has 0 saturated carbocycles. The van der Waals surface area contributed by atoms with E-state index in [1.807, 2.05) is 9.80 Å². The van der Waals surface area contributed by atoms with Crippen molar-refractivity contribution in [3.8, 4) is 6.07 Å². The number of anilines is 1. The van der Waals surface area contributed by atoms with Crippen LogP contribution in [0, 0.1) is 22.7 Å². The van der Waals surface area contributed by atoms with Crippen LogP contribution in [-0.4, -0.2) is 73.2 Å². The monoisotopic (exact) mass is 478 g/mol. The summed E-state index contributed by atoms with van der Waals surface area (Å²) in [6, 6.07) is 5.45. The summed E-state index contributed by atoms with van der Waals surface area (Å²) in [6.07, 6.45) is 1.56. The van der Waals surface area contributed by atoms with Crippen LogP contribution >= 0.6 is 0 Å². The van der Waals surface area contributed by atoms with Gasteiger partial charge >= 0.3 is 6.18 Å². The summed E-state index contributed by atoms with van der Waals surface area (Å²) in [5.74, 6) is 0.0781. The van der Waals surface area contributed by atoms with Gasteiger partial charge in [-0.2, -0.15) is 18.4 Å². The van der Waals surface area contributed by atoms with E-state index in [4.69, 9.17) is 5.26 Å². The number of aliphatic hydroxyl groups is 1. The van der Waals surface area contributed by atoms with Crippen molar-refractivity contribution in [1.29, 1.82) is 5.26 Å². The van der Waals surface area contributed by atoms with Gasteiger partial charge in [0.15, 0.2) is 0 Å². The predicted octanol–water partition coefficient (Wildman–Crippen LogP) is 3.49. The van der Waals surface area contributed by atoms with Gasteiger partial charge in [-0.05, 0) is 62.4 Å². The number of rotatable bonds is 4. The van der Waals surface area contributed by atoms with E-state index in [2.05, 4.69) is 4.90 Å². The number of carbonyl (C=O) groups is 1. The van der Waals surface area contributed by atoms with Gasteiger partial charge in [-0.3, -0.25) is 9.69 Å². The number of benzene rings is 1. The Morgan fingerprint density at radius 3 is 2.38 bits per heavy atom. The van der Waals surface area contributed by atoms with E-state index in [9.17, 15) is 23.1 Å². The first kappa shape index (κ1) is 24.8. The van der Waals surface area contributed by atoms with E-state index in [0.29, 0.717) is 38.4 Å². The van der Waals surface area contributed by atoms with Crippen molar-refractivity contribution >= 4 is 11.6 Å². The molecule has 0 radical (unpaired) electrons.